The van der Waals surface area contributed by atoms with Gasteiger partial charge in [0.15, 0.2) is 0 Å². The van der Waals surface area contributed by atoms with Crippen LogP contribution in [0.4, 0.5) is 0 Å². The summed E-state index contributed by atoms with van der Waals surface area (Å²) in [4.78, 5) is 4.25. The Morgan fingerprint density at radius 2 is 2.21 bits per heavy atom. The molecule has 3 unspecified atom stereocenters. The predicted molar refractivity (Wildman–Crippen MR) is 55.4 cm³/mol. The van der Waals surface area contributed by atoms with Crippen LogP contribution in [-0.4, -0.2) is 35.2 Å². The van der Waals surface area contributed by atoms with Gasteiger partial charge in [-0.15, -0.1) is 0 Å². The van der Waals surface area contributed by atoms with Crippen molar-refractivity contribution in [2.45, 2.75) is 32.8 Å². The number of fused-ring (bicyclic) bond motifs is 2. The van der Waals surface area contributed by atoms with Crippen LogP contribution in [-0.2, 0) is 0 Å². The van der Waals surface area contributed by atoms with E-state index in [-0.39, 0.29) is 18.1 Å². The Labute approximate surface area is 84.9 Å². The molecule has 0 radical (unpaired) electrons. The van der Waals surface area contributed by atoms with E-state index in [1.54, 1.807) is 0 Å². The molecular weight excluding hydrogens is 178 g/mol. The molecule has 2 N–H and O–H groups in total. The lowest BCUT2D eigenvalue weighted by Crippen LogP contribution is -2.58. The molecule has 0 amide bonds. The third-order valence-electron chi connectivity index (χ3n) is 4.14. The Morgan fingerprint density at radius 1 is 1.50 bits per heavy atom. The quantitative estimate of drug-likeness (QED) is 0.689. The van der Waals surface area contributed by atoms with Crippen LogP contribution in [0.25, 0.3) is 0 Å². The van der Waals surface area contributed by atoms with Crippen molar-refractivity contribution in [2.75, 3.05) is 13.2 Å². The zero-order chi connectivity index (χ0) is 10.3. The van der Waals surface area contributed by atoms with Crippen LogP contribution in [0, 0.1) is 17.3 Å². The van der Waals surface area contributed by atoms with Crippen molar-refractivity contribution < 1.29 is 10.2 Å². The van der Waals surface area contributed by atoms with Crippen LogP contribution in [0.1, 0.15) is 26.7 Å². The Balaban J connectivity index is 2.08. The van der Waals surface area contributed by atoms with Crippen molar-refractivity contribution >= 4 is 5.71 Å². The lowest BCUT2D eigenvalue weighted by Gasteiger charge is -2.58. The molecule has 3 nitrogen and oxygen atoms in total. The average Bonchev–Trinajstić information content (AvgIpc) is 2.15. The first-order valence-electron chi connectivity index (χ1n) is 5.39. The second-order valence-corrected chi connectivity index (χ2v) is 5.11. The second kappa shape index (κ2) is 3.31. The van der Waals surface area contributed by atoms with Crippen molar-refractivity contribution in [3.05, 3.63) is 0 Å². The maximum atomic E-state index is 10.0. The van der Waals surface area contributed by atoms with E-state index in [1.807, 2.05) is 0 Å². The molecule has 3 atom stereocenters. The minimum absolute atomic E-state index is 0.0783. The van der Waals surface area contributed by atoms with E-state index in [0.29, 0.717) is 18.4 Å². The summed E-state index contributed by atoms with van der Waals surface area (Å²) in [5, 5.41) is 18.7. The molecule has 0 spiro atoms. The van der Waals surface area contributed by atoms with Gasteiger partial charge in [0.25, 0.3) is 0 Å². The normalized spacial score (nSPS) is 42.3. The molecule has 14 heavy (non-hydrogen) atoms. The second-order valence-electron chi connectivity index (χ2n) is 5.11. The van der Waals surface area contributed by atoms with Crippen LogP contribution in [0.2, 0.25) is 0 Å². The largest absolute Gasteiger partial charge is 0.394 e. The van der Waals surface area contributed by atoms with Gasteiger partial charge in [-0.1, -0.05) is 13.8 Å². The maximum absolute atomic E-state index is 10.0. The van der Waals surface area contributed by atoms with E-state index in [4.69, 9.17) is 5.11 Å². The van der Waals surface area contributed by atoms with E-state index in [9.17, 15) is 5.11 Å². The molecule has 80 valence electrons. The average molecular weight is 197 g/mol. The fourth-order valence-electron chi connectivity index (χ4n) is 2.90. The molecule has 3 rings (SSSR count). The zero-order valence-corrected chi connectivity index (χ0v) is 8.90. The molecular formula is C11H19NO2. The van der Waals surface area contributed by atoms with Crippen molar-refractivity contribution in [1.29, 1.82) is 0 Å². The molecule has 3 heteroatoms. The number of nitrogens with zero attached hydrogens (tertiary/aromatic N) is 1. The van der Waals surface area contributed by atoms with Crippen molar-refractivity contribution in [2.24, 2.45) is 22.2 Å². The molecule has 0 heterocycles. The number of aliphatic hydroxyl groups excluding tert-OH is 2. The SMILES string of the molecule is CC1(C)C2CC(=NCCO)C(O)C1C2. The molecule has 0 saturated heterocycles. The van der Waals surface area contributed by atoms with Gasteiger partial charge in [-0.05, 0) is 30.1 Å². The number of hydrogen-bond acceptors (Lipinski definition) is 3. The monoisotopic (exact) mass is 197 g/mol. The highest BCUT2D eigenvalue weighted by Crippen LogP contribution is 2.58. The minimum Gasteiger partial charge on any atom is -0.394 e. The van der Waals surface area contributed by atoms with Crippen LogP contribution < -0.4 is 0 Å². The topological polar surface area (TPSA) is 52.8 Å². The number of rotatable bonds is 2. The smallest absolute Gasteiger partial charge is 0.0950 e. The van der Waals surface area contributed by atoms with E-state index < -0.39 is 0 Å². The summed E-state index contributed by atoms with van der Waals surface area (Å²) in [5.41, 5.74) is 1.21. The van der Waals surface area contributed by atoms with E-state index in [2.05, 4.69) is 18.8 Å². The fraction of sp³-hybridized carbons (Fsp3) is 0.909. The first-order valence-corrected chi connectivity index (χ1v) is 5.39. The number of aliphatic imine (C=N–C) groups is 1. The van der Waals surface area contributed by atoms with E-state index in [0.717, 1.165) is 18.6 Å². The Kier molecular flexibility index (Phi) is 2.40. The van der Waals surface area contributed by atoms with Gasteiger partial charge in [0.05, 0.1) is 19.3 Å². The Bertz CT molecular complexity index is 260. The highest BCUT2D eigenvalue weighted by atomic mass is 16.3. The van der Waals surface area contributed by atoms with Crippen LogP contribution in [0.15, 0.2) is 4.99 Å². The standard InChI is InChI=1S/C11H19NO2/c1-11(2)7-5-8(11)10(14)9(6-7)12-3-4-13/h7-8,10,13-14H,3-6H2,1-2H3. The molecule has 0 aromatic rings. The fourth-order valence-corrected chi connectivity index (χ4v) is 2.90. The summed E-state index contributed by atoms with van der Waals surface area (Å²) in [6, 6.07) is 0. The molecule has 3 aliphatic carbocycles. The summed E-state index contributed by atoms with van der Waals surface area (Å²) in [6.07, 6.45) is 1.71. The third-order valence-corrected chi connectivity index (χ3v) is 4.14. The van der Waals surface area contributed by atoms with E-state index >= 15 is 0 Å². The molecule has 3 aliphatic rings. The van der Waals surface area contributed by atoms with Crippen molar-refractivity contribution in [3.8, 4) is 0 Å². The molecule has 0 aromatic heterocycles. The molecule has 3 fully saturated rings. The van der Waals surface area contributed by atoms with Crippen LogP contribution in [0.3, 0.4) is 0 Å². The van der Waals surface area contributed by atoms with Gasteiger partial charge in [0.2, 0.25) is 0 Å². The molecule has 2 bridgehead atoms. The van der Waals surface area contributed by atoms with Gasteiger partial charge in [0.1, 0.15) is 0 Å². The van der Waals surface area contributed by atoms with Crippen molar-refractivity contribution in [3.63, 3.8) is 0 Å². The third kappa shape index (κ3) is 1.30. The zero-order valence-electron chi connectivity index (χ0n) is 8.90. The summed E-state index contributed by atoms with van der Waals surface area (Å²) in [5.74, 6) is 1.08. The first kappa shape index (κ1) is 10.1. The van der Waals surface area contributed by atoms with Gasteiger partial charge in [0, 0.05) is 5.71 Å². The number of aliphatic hydroxyl groups is 2. The molecule has 0 aromatic carbocycles. The summed E-state index contributed by atoms with van der Waals surface area (Å²) in [6.45, 7) is 4.98. The Hall–Kier alpha value is -0.410. The molecule has 3 saturated carbocycles. The summed E-state index contributed by atoms with van der Waals surface area (Å²) in [7, 11) is 0. The van der Waals surface area contributed by atoms with Gasteiger partial charge in [-0.3, -0.25) is 4.99 Å². The summed E-state index contributed by atoms with van der Waals surface area (Å²) < 4.78 is 0. The minimum atomic E-state index is -0.360. The first-order chi connectivity index (χ1) is 6.57. The van der Waals surface area contributed by atoms with E-state index in [1.165, 1.54) is 0 Å². The van der Waals surface area contributed by atoms with Gasteiger partial charge in [-0.2, -0.15) is 0 Å². The highest BCUT2D eigenvalue weighted by molar-refractivity contribution is 5.91. The summed E-state index contributed by atoms with van der Waals surface area (Å²) >= 11 is 0. The number of hydrogen-bond donors (Lipinski definition) is 2. The van der Waals surface area contributed by atoms with Gasteiger partial charge < -0.3 is 10.2 Å². The maximum Gasteiger partial charge on any atom is 0.0950 e. The lowest BCUT2D eigenvalue weighted by atomic mass is 9.47. The van der Waals surface area contributed by atoms with Crippen LogP contribution in [0.5, 0.6) is 0 Å². The highest BCUT2D eigenvalue weighted by Gasteiger charge is 2.56. The predicted octanol–water partition coefficient (Wildman–Crippen LogP) is 0.847. The lowest BCUT2D eigenvalue weighted by molar-refractivity contribution is -0.0882. The van der Waals surface area contributed by atoms with Crippen LogP contribution >= 0.6 is 0 Å². The van der Waals surface area contributed by atoms with Gasteiger partial charge >= 0.3 is 0 Å². The van der Waals surface area contributed by atoms with Gasteiger partial charge in [-0.25, -0.2) is 0 Å². The molecule has 0 aliphatic heterocycles. The Morgan fingerprint density at radius 3 is 2.71 bits per heavy atom. The van der Waals surface area contributed by atoms with Crippen molar-refractivity contribution in [1.82, 2.24) is 0 Å².